The summed E-state index contributed by atoms with van der Waals surface area (Å²) in [6.45, 7) is 4.92. The number of nitrogens with zero attached hydrogens (tertiary/aromatic N) is 1. The van der Waals surface area contributed by atoms with Crippen LogP contribution in [0.25, 0.3) is 0 Å². The van der Waals surface area contributed by atoms with Gasteiger partial charge in [0.15, 0.2) is 0 Å². The van der Waals surface area contributed by atoms with Crippen molar-refractivity contribution >= 4 is 27.5 Å². The fourth-order valence-electron chi connectivity index (χ4n) is 3.21. The molecule has 0 aliphatic carbocycles. The Morgan fingerprint density at radius 1 is 1.03 bits per heavy atom. The number of hydrogen-bond donors (Lipinski definition) is 2. The SMILES string of the molecule is CC(C)C(=O)Nc1cccc(CNC(=O)c2cccc(S(=O)(=O)N3CCCC3)c2)c1. The molecule has 2 aromatic rings. The van der Waals surface area contributed by atoms with Crippen LogP contribution in [0.3, 0.4) is 0 Å². The van der Waals surface area contributed by atoms with Gasteiger partial charge in [-0.2, -0.15) is 4.31 Å². The maximum absolute atomic E-state index is 12.7. The molecule has 30 heavy (non-hydrogen) atoms. The van der Waals surface area contributed by atoms with Crippen molar-refractivity contribution in [1.82, 2.24) is 9.62 Å². The summed E-state index contributed by atoms with van der Waals surface area (Å²) in [6.07, 6.45) is 1.71. The first-order valence-electron chi connectivity index (χ1n) is 10.1. The van der Waals surface area contributed by atoms with Crippen molar-refractivity contribution in [3.63, 3.8) is 0 Å². The Labute approximate surface area is 177 Å². The summed E-state index contributed by atoms with van der Waals surface area (Å²) in [5.41, 5.74) is 1.78. The molecule has 7 nitrogen and oxygen atoms in total. The molecule has 2 N–H and O–H groups in total. The zero-order valence-electron chi connectivity index (χ0n) is 17.2. The van der Waals surface area contributed by atoms with Crippen LogP contribution in [-0.4, -0.2) is 37.6 Å². The van der Waals surface area contributed by atoms with Gasteiger partial charge < -0.3 is 10.6 Å². The van der Waals surface area contributed by atoms with Gasteiger partial charge >= 0.3 is 0 Å². The van der Waals surface area contributed by atoms with Gasteiger partial charge in [0.2, 0.25) is 15.9 Å². The predicted molar refractivity (Wildman–Crippen MR) is 116 cm³/mol. The highest BCUT2D eigenvalue weighted by Crippen LogP contribution is 2.21. The minimum atomic E-state index is -3.57. The number of hydrogen-bond acceptors (Lipinski definition) is 4. The summed E-state index contributed by atoms with van der Waals surface area (Å²) in [6, 6.07) is 13.4. The molecule has 0 atom stereocenters. The third-order valence-electron chi connectivity index (χ3n) is 4.97. The molecule has 0 radical (unpaired) electrons. The lowest BCUT2D eigenvalue weighted by molar-refractivity contribution is -0.118. The predicted octanol–water partition coefficient (Wildman–Crippen LogP) is 3.00. The maximum Gasteiger partial charge on any atom is 0.251 e. The average molecular weight is 430 g/mol. The average Bonchev–Trinajstić information content (AvgIpc) is 3.28. The summed E-state index contributed by atoms with van der Waals surface area (Å²) in [7, 11) is -3.57. The molecule has 1 aliphatic rings. The fraction of sp³-hybridized carbons (Fsp3) is 0.364. The quantitative estimate of drug-likeness (QED) is 0.707. The molecule has 1 aliphatic heterocycles. The topological polar surface area (TPSA) is 95.6 Å². The minimum absolute atomic E-state index is 0.0767. The second-order valence-corrected chi connectivity index (χ2v) is 9.60. The standard InChI is InChI=1S/C22H27N3O4S/c1-16(2)21(26)24-19-9-5-7-17(13-19)15-23-22(27)18-8-6-10-20(14-18)30(28,29)25-11-3-4-12-25/h5-10,13-14,16H,3-4,11-12,15H2,1-2H3,(H,23,27)(H,24,26). The number of benzene rings is 2. The molecular weight excluding hydrogens is 402 g/mol. The Kier molecular flexibility index (Phi) is 6.89. The Morgan fingerprint density at radius 2 is 1.73 bits per heavy atom. The molecule has 1 saturated heterocycles. The molecule has 1 heterocycles. The van der Waals surface area contributed by atoms with Crippen molar-refractivity contribution < 1.29 is 18.0 Å². The summed E-state index contributed by atoms with van der Waals surface area (Å²) in [4.78, 5) is 24.6. The lowest BCUT2D eigenvalue weighted by Gasteiger charge is -2.16. The van der Waals surface area contributed by atoms with Crippen LogP contribution in [0.15, 0.2) is 53.4 Å². The molecule has 2 amide bonds. The first-order valence-corrected chi connectivity index (χ1v) is 11.5. The van der Waals surface area contributed by atoms with Crippen molar-refractivity contribution in [2.75, 3.05) is 18.4 Å². The molecule has 2 aromatic carbocycles. The van der Waals surface area contributed by atoms with Crippen LogP contribution in [0, 0.1) is 5.92 Å². The second-order valence-electron chi connectivity index (χ2n) is 7.67. The zero-order chi connectivity index (χ0) is 21.7. The van der Waals surface area contributed by atoms with Gasteiger partial charge in [-0.05, 0) is 48.7 Å². The van der Waals surface area contributed by atoms with Gasteiger partial charge in [-0.25, -0.2) is 8.42 Å². The summed E-state index contributed by atoms with van der Waals surface area (Å²) in [5.74, 6) is -0.560. The van der Waals surface area contributed by atoms with Gasteiger partial charge in [0.1, 0.15) is 0 Å². The van der Waals surface area contributed by atoms with Crippen LogP contribution >= 0.6 is 0 Å². The lowest BCUT2D eigenvalue weighted by atomic mass is 10.1. The van der Waals surface area contributed by atoms with E-state index in [2.05, 4.69) is 10.6 Å². The highest BCUT2D eigenvalue weighted by molar-refractivity contribution is 7.89. The molecular formula is C22H27N3O4S. The van der Waals surface area contributed by atoms with Crippen molar-refractivity contribution in [2.24, 2.45) is 5.92 Å². The third-order valence-corrected chi connectivity index (χ3v) is 6.87. The normalized spacial score (nSPS) is 14.6. The highest BCUT2D eigenvalue weighted by atomic mass is 32.2. The molecule has 0 bridgehead atoms. The maximum atomic E-state index is 12.7. The van der Waals surface area contributed by atoms with Gasteiger partial charge in [0.25, 0.3) is 5.91 Å². The molecule has 160 valence electrons. The van der Waals surface area contributed by atoms with Gasteiger partial charge in [-0.3, -0.25) is 9.59 Å². The van der Waals surface area contributed by atoms with E-state index >= 15 is 0 Å². The van der Waals surface area contributed by atoms with E-state index in [1.807, 2.05) is 19.9 Å². The summed E-state index contributed by atoms with van der Waals surface area (Å²) >= 11 is 0. The number of nitrogens with one attached hydrogen (secondary N) is 2. The van der Waals surface area contributed by atoms with E-state index < -0.39 is 10.0 Å². The molecule has 0 unspecified atom stereocenters. The van der Waals surface area contributed by atoms with Crippen LogP contribution in [0.5, 0.6) is 0 Å². The zero-order valence-corrected chi connectivity index (χ0v) is 18.0. The Morgan fingerprint density at radius 3 is 2.43 bits per heavy atom. The van der Waals surface area contributed by atoms with E-state index in [9.17, 15) is 18.0 Å². The van der Waals surface area contributed by atoms with E-state index in [0.29, 0.717) is 24.3 Å². The number of amides is 2. The molecule has 0 spiro atoms. The number of anilines is 1. The third kappa shape index (κ3) is 5.25. The van der Waals surface area contributed by atoms with E-state index in [0.717, 1.165) is 18.4 Å². The Hall–Kier alpha value is -2.71. The monoisotopic (exact) mass is 429 g/mol. The van der Waals surface area contributed by atoms with E-state index in [1.54, 1.807) is 30.3 Å². The smallest absolute Gasteiger partial charge is 0.251 e. The van der Waals surface area contributed by atoms with Gasteiger partial charge in [0, 0.05) is 36.8 Å². The van der Waals surface area contributed by atoms with Crippen LogP contribution in [0.2, 0.25) is 0 Å². The van der Waals surface area contributed by atoms with Crippen molar-refractivity contribution in [2.45, 2.75) is 38.1 Å². The van der Waals surface area contributed by atoms with Gasteiger partial charge in [0.05, 0.1) is 4.90 Å². The number of sulfonamides is 1. The van der Waals surface area contributed by atoms with Crippen LogP contribution in [0.1, 0.15) is 42.6 Å². The Balaban J connectivity index is 1.66. The first-order chi connectivity index (χ1) is 14.3. The number of rotatable bonds is 7. The van der Waals surface area contributed by atoms with Crippen LogP contribution in [0.4, 0.5) is 5.69 Å². The van der Waals surface area contributed by atoms with Gasteiger partial charge in [-0.15, -0.1) is 0 Å². The van der Waals surface area contributed by atoms with E-state index in [1.165, 1.54) is 16.4 Å². The van der Waals surface area contributed by atoms with E-state index in [4.69, 9.17) is 0 Å². The van der Waals surface area contributed by atoms with Crippen molar-refractivity contribution in [3.8, 4) is 0 Å². The number of carbonyl (C=O) groups is 2. The second kappa shape index (κ2) is 9.40. The molecule has 1 fully saturated rings. The van der Waals surface area contributed by atoms with Crippen LogP contribution in [-0.2, 0) is 21.4 Å². The lowest BCUT2D eigenvalue weighted by Crippen LogP contribution is -2.28. The van der Waals surface area contributed by atoms with Gasteiger partial charge in [-0.1, -0.05) is 32.0 Å². The Bertz CT molecular complexity index is 1030. The van der Waals surface area contributed by atoms with E-state index in [-0.39, 0.29) is 29.2 Å². The highest BCUT2D eigenvalue weighted by Gasteiger charge is 2.27. The molecule has 0 saturated carbocycles. The summed E-state index contributed by atoms with van der Waals surface area (Å²) < 4.78 is 26.9. The van der Waals surface area contributed by atoms with Crippen molar-refractivity contribution in [1.29, 1.82) is 0 Å². The largest absolute Gasteiger partial charge is 0.348 e. The minimum Gasteiger partial charge on any atom is -0.348 e. The first kappa shape index (κ1) is 22.0. The molecule has 8 heteroatoms. The summed E-state index contributed by atoms with van der Waals surface area (Å²) in [5, 5.41) is 5.64. The number of carbonyl (C=O) groups excluding carboxylic acids is 2. The molecule has 3 rings (SSSR count). The van der Waals surface area contributed by atoms with Crippen LogP contribution < -0.4 is 10.6 Å². The van der Waals surface area contributed by atoms with Crippen molar-refractivity contribution in [3.05, 3.63) is 59.7 Å². The fourth-order valence-corrected chi connectivity index (χ4v) is 4.77. The molecule has 0 aromatic heterocycles.